The van der Waals surface area contributed by atoms with Crippen LogP contribution in [0.15, 0.2) is 133 Å². The standard InChI is InChI=1S/C54H56N2S/c1-5-9-15-37(7-3)35-43-29-31-47(51-19-13-11-17-45(43)51)39-21-25-41(26-22-39)49-33-34-50(54-53(49)55-57-56-54)42-27-23-40(24-28-42)48-32-30-44(36-38(8-4)16-10-6-2)46-18-12-14-20-52(46)48/h11-14,17-34,37-38H,5-10,15-16,35-36H2,1-4H3. The second-order valence-electron chi connectivity index (χ2n) is 16.2. The molecule has 0 fully saturated rings. The number of aromatic nitrogens is 2. The highest BCUT2D eigenvalue weighted by molar-refractivity contribution is 7.00. The predicted octanol–water partition coefficient (Wildman–Crippen LogP) is 16.2. The Labute approximate surface area is 344 Å². The largest absolute Gasteiger partial charge is 0.172 e. The lowest BCUT2D eigenvalue weighted by atomic mass is 9.87. The molecule has 0 saturated carbocycles. The molecule has 0 bridgehead atoms. The lowest BCUT2D eigenvalue weighted by Crippen LogP contribution is -2.04. The number of benzene rings is 7. The molecule has 2 nitrogen and oxygen atoms in total. The second kappa shape index (κ2) is 18.0. The molecule has 8 aromatic rings. The van der Waals surface area contributed by atoms with E-state index < -0.39 is 0 Å². The zero-order valence-electron chi connectivity index (χ0n) is 34.2. The molecule has 2 atom stereocenters. The van der Waals surface area contributed by atoms with Crippen molar-refractivity contribution in [1.29, 1.82) is 0 Å². The van der Waals surface area contributed by atoms with E-state index in [9.17, 15) is 0 Å². The van der Waals surface area contributed by atoms with Crippen LogP contribution in [0.2, 0.25) is 0 Å². The van der Waals surface area contributed by atoms with Crippen LogP contribution < -0.4 is 0 Å². The molecule has 0 radical (unpaired) electrons. The van der Waals surface area contributed by atoms with Crippen LogP contribution in [0.25, 0.3) is 77.1 Å². The van der Waals surface area contributed by atoms with Gasteiger partial charge in [-0.3, -0.25) is 0 Å². The van der Waals surface area contributed by atoms with Crippen molar-refractivity contribution in [3.05, 3.63) is 145 Å². The third-order valence-electron chi connectivity index (χ3n) is 12.6. The van der Waals surface area contributed by atoms with Crippen molar-refractivity contribution in [3.8, 4) is 44.5 Å². The fraction of sp³-hybridized carbons (Fsp3) is 0.296. The molecule has 0 aliphatic rings. The van der Waals surface area contributed by atoms with Crippen LogP contribution in [0, 0.1) is 11.8 Å². The van der Waals surface area contributed by atoms with Crippen LogP contribution in [0.5, 0.6) is 0 Å². The van der Waals surface area contributed by atoms with E-state index >= 15 is 0 Å². The highest BCUT2D eigenvalue weighted by Gasteiger charge is 2.17. The van der Waals surface area contributed by atoms with Crippen LogP contribution in [0.4, 0.5) is 0 Å². The zero-order valence-corrected chi connectivity index (χ0v) is 35.0. The summed E-state index contributed by atoms with van der Waals surface area (Å²) >= 11 is 1.30. The number of hydrogen-bond donors (Lipinski definition) is 0. The Kier molecular flexibility index (Phi) is 12.2. The lowest BCUT2D eigenvalue weighted by Gasteiger charge is -2.18. The second-order valence-corrected chi connectivity index (χ2v) is 16.7. The molecule has 7 aromatic carbocycles. The molecule has 0 saturated heterocycles. The summed E-state index contributed by atoms with van der Waals surface area (Å²) in [7, 11) is 0. The fourth-order valence-electron chi connectivity index (χ4n) is 9.08. The van der Waals surface area contributed by atoms with E-state index in [2.05, 4.69) is 161 Å². The summed E-state index contributed by atoms with van der Waals surface area (Å²) in [4.78, 5) is 0. The average molecular weight is 765 g/mol. The molecule has 0 N–H and O–H groups in total. The molecule has 0 aliphatic carbocycles. The minimum atomic E-state index is 0.739. The molecule has 0 spiro atoms. The Morgan fingerprint density at radius 3 is 1.12 bits per heavy atom. The molecule has 288 valence electrons. The van der Waals surface area contributed by atoms with E-state index in [1.165, 1.54) is 118 Å². The van der Waals surface area contributed by atoms with Crippen molar-refractivity contribution in [2.75, 3.05) is 0 Å². The van der Waals surface area contributed by atoms with Crippen molar-refractivity contribution in [3.63, 3.8) is 0 Å². The van der Waals surface area contributed by atoms with Gasteiger partial charge in [0.25, 0.3) is 0 Å². The van der Waals surface area contributed by atoms with Gasteiger partial charge in [0.15, 0.2) is 0 Å². The van der Waals surface area contributed by atoms with Gasteiger partial charge in [0.1, 0.15) is 11.0 Å². The van der Waals surface area contributed by atoms with E-state index in [0.29, 0.717) is 0 Å². The van der Waals surface area contributed by atoms with Crippen molar-refractivity contribution in [2.45, 2.75) is 91.9 Å². The van der Waals surface area contributed by atoms with Gasteiger partial charge in [0.2, 0.25) is 0 Å². The summed E-state index contributed by atoms with van der Waals surface area (Å²) in [6, 6.07) is 49.9. The van der Waals surface area contributed by atoms with Gasteiger partial charge in [-0.25, -0.2) is 0 Å². The van der Waals surface area contributed by atoms with Crippen LogP contribution >= 0.6 is 11.7 Å². The number of hydrogen-bond acceptors (Lipinski definition) is 3. The SMILES string of the molecule is CCCCC(CC)Cc1ccc(-c2ccc(-c3ccc(-c4ccc(-c5ccc(CC(CC)CCCC)c6ccccc56)cc4)c4nsnc34)cc2)c2ccccc12. The van der Waals surface area contributed by atoms with E-state index in [4.69, 9.17) is 8.75 Å². The van der Waals surface area contributed by atoms with E-state index in [1.807, 2.05) is 0 Å². The summed E-state index contributed by atoms with van der Waals surface area (Å²) in [6.45, 7) is 9.28. The number of rotatable bonds is 16. The third kappa shape index (κ3) is 8.18. The molecule has 1 heterocycles. The van der Waals surface area contributed by atoms with E-state index in [0.717, 1.165) is 58.0 Å². The van der Waals surface area contributed by atoms with Gasteiger partial charge in [-0.2, -0.15) is 8.75 Å². The Morgan fingerprint density at radius 1 is 0.404 bits per heavy atom. The van der Waals surface area contributed by atoms with Crippen molar-refractivity contribution in [2.24, 2.45) is 11.8 Å². The highest BCUT2D eigenvalue weighted by atomic mass is 32.1. The van der Waals surface area contributed by atoms with Gasteiger partial charge >= 0.3 is 0 Å². The number of nitrogens with zero attached hydrogens (tertiary/aromatic N) is 2. The van der Waals surface area contributed by atoms with E-state index in [-0.39, 0.29) is 0 Å². The molecular weight excluding hydrogens is 709 g/mol. The van der Waals surface area contributed by atoms with Gasteiger partial charge in [-0.15, -0.1) is 0 Å². The minimum Gasteiger partial charge on any atom is -0.172 e. The maximum absolute atomic E-state index is 4.84. The highest BCUT2D eigenvalue weighted by Crippen LogP contribution is 2.39. The predicted molar refractivity (Wildman–Crippen MR) is 248 cm³/mol. The van der Waals surface area contributed by atoms with Crippen LogP contribution in [0.1, 0.15) is 90.2 Å². The Balaban J connectivity index is 1.05. The Morgan fingerprint density at radius 2 is 0.754 bits per heavy atom. The summed E-state index contributed by atoms with van der Waals surface area (Å²) in [5, 5.41) is 5.44. The number of unbranched alkanes of at least 4 members (excludes halogenated alkanes) is 2. The fourth-order valence-corrected chi connectivity index (χ4v) is 9.66. The maximum atomic E-state index is 4.84. The smallest absolute Gasteiger partial charge is 0.113 e. The van der Waals surface area contributed by atoms with Gasteiger partial charge in [-0.1, -0.05) is 213 Å². The monoisotopic (exact) mass is 764 g/mol. The van der Waals surface area contributed by atoms with Crippen molar-refractivity contribution >= 4 is 44.3 Å². The Bertz CT molecular complexity index is 2400. The van der Waals surface area contributed by atoms with Gasteiger partial charge in [0.05, 0.1) is 11.7 Å². The number of fused-ring (bicyclic) bond motifs is 3. The lowest BCUT2D eigenvalue weighted by molar-refractivity contribution is 0.450. The maximum Gasteiger partial charge on any atom is 0.113 e. The molecule has 1 aromatic heterocycles. The van der Waals surface area contributed by atoms with Gasteiger partial charge < -0.3 is 0 Å². The summed E-state index contributed by atoms with van der Waals surface area (Å²) in [6.07, 6.45) is 12.5. The quantitative estimate of drug-likeness (QED) is 0.0979. The topological polar surface area (TPSA) is 25.8 Å². The van der Waals surface area contributed by atoms with Gasteiger partial charge in [-0.05, 0) is 90.7 Å². The molecule has 0 aliphatic heterocycles. The molecule has 3 heteroatoms. The van der Waals surface area contributed by atoms with Gasteiger partial charge in [0, 0.05) is 11.1 Å². The first-order chi connectivity index (χ1) is 28.1. The first-order valence-electron chi connectivity index (χ1n) is 21.6. The molecule has 2 unspecified atom stereocenters. The van der Waals surface area contributed by atoms with Crippen molar-refractivity contribution in [1.82, 2.24) is 8.75 Å². The average Bonchev–Trinajstić information content (AvgIpc) is 3.77. The van der Waals surface area contributed by atoms with E-state index in [1.54, 1.807) is 0 Å². The Hall–Kier alpha value is -5.12. The first kappa shape index (κ1) is 38.7. The zero-order chi connectivity index (χ0) is 39.1. The summed E-state index contributed by atoms with van der Waals surface area (Å²) in [5.74, 6) is 1.48. The van der Waals surface area contributed by atoms with Crippen molar-refractivity contribution < 1.29 is 0 Å². The van der Waals surface area contributed by atoms with Crippen LogP contribution in [-0.2, 0) is 12.8 Å². The minimum absolute atomic E-state index is 0.739. The first-order valence-corrected chi connectivity index (χ1v) is 22.3. The summed E-state index contributed by atoms with van der Waals surface area (Å²) < 4.78 is 9.68. The normalized spacial score (nSPS) is 12.8. The molecule has 0 amide bonds. The third-order valence-corrected chi connectivity index (χ3v) is 13.1. The molecule has 8 rings (SSSR count). The molecule has 57 heavy (non-hydrogen) atoms. The molecular formula is C54H56N2S. The van der Waals surface area contributed by atoms with Crippen LogP contribution in [0.3, 0.4) is 0 Å². The summed E-state index contributed by atoms with van der Waals surface area (Å²) in [5.41, 5.74) is 14.5. The van der Waals surface area contributed by atoms with Crippen LogP contribution in [-0.4, -0.2) is 8.75 Å².